The van der Waals surface area contributed by atoms with E-state index in [1.807, 2.05) is 70.2 Å². The second kappa shape index (κ2) is 9.78. The van der Waals surface area contributed by atoms with E-state index in [1.54, 1.807) is 12.3 Å². The fraction of sp³-hybridized carbons (Fsp3) is 0.207. The van der Waals surface area contributed by atoms with Crippen LogP contribution in [0, 0.1) is 13.8 Å². The summed E-state index contributed by atoms with van der Waals surface area (Å²) in [6.45, 7) is 8.96. The molecule has 0 radical (unpaired) electrons. The summed E-state index contributed by atoms with van der Waals surface area (Å²) in [6.07, 6.45) is 3.43. The summed E-state index contributed by atoms with van der Waals surface area (Å²) in [5.41, 5.74) is 7.84. The molecule has 0 spiro atoms. The Morgan fingerprint density at radius 1 is 1.06 bits per heavy atom. The third-order valence-corrected chi connectivity index (χ3v) is 5.78. The molecule has 0 bridgehead atoms. The van der Waals surface area contributed by atoms with E-state index in [0.717, 1.165) is 50.1 Å². The molecule has 4 heteroatoms. The van der Waals surface area contributed by atoms with E-state index in [9.17, 15) is 4.79 Å². The number of ether oxygens (including phenoxy) is 1. The summed E-state index contributed by atoms with van der Waals surface area (Å²) in [5, 5.41) is 3.98. The summed E-state index contributed by atoms with van der Waals surface area (Å²) in [5.74, 6) is 0.614. The fourth-order valence-corrected chi connectivity index (χ4v) is 4.00. The van der Waals surface area contributed by atoms with Gasteiger partial charge >= 0.3 is 0 Å². The molecule has 1 aromatic heterocycles. The number of carbonyl (C=O) groups excluding carboxylic acids is 1. The molecule has 4 aromatic rings. The third kappa shape index (κ3) is 4.85. The molecule has 4 nitrogen and oxygen atoms in total. The van der Waals surface area contributed by atoms with Gasteiger partial charge in [0.2, 0.25) is 5.91 Å². The van der Waals surface area contributed by atoms with Crippen LogP contribution in [0.25, 0.3) is 27.7 Å². The lowest BCUT2D eigenvalue weighted by atomic mass is 9.96. The Kier molecular flexibility index (Phi) is 6.64. The van der Waals surface area contributed by atoms with Gasteiger partial charge in [-0.05, 0) is 50.5 Å². The van der Waals surface area contributed by atoms with Crippen molar-refractivity contribution in [1.82, 2.24) is 5.32 Å². The Balaban J connectivity index is 1.69. The third-order valence-electron chi connectivity index (χ3n) is 5.78. The molecule has 1 heterocycles. The maximum absolute atomic E-state index is 12.7. The SMILES string of the molecule is CCOc1c(/C(C)=C/C(=O)NCc2ccc(C)cc2)cc2c(-c3ccccc3)coc2c1C. The summed E-state index contributed by atoms with van der Waals surface area (Å²) < 4.78 is 12.0. The van der Waals surface area contributed by atoms with E-state index in [4.69, 9.17) is 9.15 Å². The predicted octanol–water partition coefficient (Wildman–Crippen LogP) is 6.84. The molecule has 0 saturated heterocycles. The largest absolute Gasteiger partial charge is 0.493 e. The Morgan fingerprint density at radius 3 is 2.48 bits per heavy atom. The lowest BCUT2D eigenvalue weighted by molar-refractivity contribution is -0.116. The number of rotatable bonds is 7. The van der Waals surface area contributed by atoms with Crippen molar-refractivity contribution < 1.29 is 13.9 Å². The number of nitrogens with one attached hydrogen (secondary N) is 1. The maximum Gasteiger partial charge on any atom is 0.244 e. The normalized spacial score (nSPS) is 11.6. The van der Waals surface area contributed by atoms with Crippen molar-refractivity contribution in [2.24, 2.45) is 0 Å². The first-order valence-electron chi connectivity index (χ1n) is 11.2. The van der Waals surface area contributed by atoms with Crippen molar-refractivity contribution in [3.05, 3.63) is 95.3 Å². The molecule has 0 aliphatic heterocycles. The van der Waals surface area contributed by atoms with Crippen LogP contribution >= 0.6 is 0 Å². The van der Waals surface area contributed by atoms with Crippen molar-refractivity contribution in [3.63, 3.8) is 0 Å². The highest BCUT2D eigenvalue weighted by Crippen LogP contribution is 2.40. The molecule has 4 rings (SSSR count). The van der Waals surface area contributed by atoms with Crippen molar-refractivity contribution in [2.75, 3.05) is 6.61 Å². The number of furan rings is 1. The summed E-state index contributed by atoms with van der Waals surface area (Å²) in [7, 11) is 0. The first-order valence-corrected chi connectivity index (χ1v) is 11.2. The maximum atomic E-state index is 12.7. The smallest absolute Gasteiger partial charge is 0.244 e. The number of amides is 1. The van der Waals surface area contributed by atoms with Crippen LogP contribution in [0.1, 0.15) is 36.1 Å². The highest BCUT2D eigenvalue weighted by Gasteiger charge is 2.19. The van der Waals surface area contributed by atoms with Crippen LogP contribution in [0.4, 0.5) is 0 Å². The summed E-state index contributed by atoms with van der Waals surface area (Å²) in [6, 6.07) is 20.4. The molecule has 0 atom stereocenters. The van der Waals surface area contributed by atoms with Gasteiger partial charge in [0.05, 0.1) is 12.9 Å². The lowest BCUT2D eigenvalue weighted by Crippen LogP contribution is -2.20. The molecule has 0 aliphatic carbocycles. The van der Waals surface area contributed by atoms with Crippen LogP contribution in [-0.2, 0) is 11.3 Å². The van der Waals surface area contributed by atoms with Crippen LogP contribution in [0.15, 0.2) is 77.4 Å². The second-order valence-electron chi connectivity index (χ2n) is 8.23. The molecule has 1 N–H and O–H groups in total. The van der Waals surface area contributed by atoms with E-state index in [0.29, 0.717) is 13.2 Å². The second-order valence-corrected chi connectivity index (χ2v) is 8.23. The van der Waals surface area contributed by atoms with E-state index < -0.39 is 0 Å². The monoisotopic (exact) mass is 439 g/mol. The fourth-order valence-electron chi connectivity index (χ4n) is 4.00. The molecule has 3 aromatic carbocycles. The number of hydrogen-bond acceptors (Lipinski definition) is 3. The Morgan fingerprint density at radius 2 is 1.79 bits per heavy atom. The van der Waals surface area contributed by atoms with Crippen molar-refractivity contribution in [3.8, 4) is 16.9 Å². The molecule has 168 valence electrons. The van der Waals surface area contributed by atoms with Gasteiger partial charge < -0.3 is 14.5 Å². The number of fused-ring (bicyclic) bond motifs is 1. The van der Waals surface area contributed by atoms with Crippen LogP contribution < -0.4 is 10.1 Å². The van der Waals surface area contributed by atoms with Crippen LogP contribution in [0.5, 0.6) is 5.75 Å². The Bertz CT molecular complexity index is 1300. The van der Waals surface area contributed by atoms with E-state index >= 15 is 0 Å². The van der Waals surface area contributed by atoms with Crippen LogP contribution in [0.2, 0.25) is 0 Å². The van der Waals surface area contributed by atoms with Crippen molar-refractivity contribution in [2.45, 2.75) is 34.2 Å². The van der Waals surface area contributed by atoms with Gasteiger partial charge in [-0.1, -0.05) is 60.2 Å². The quantitative estimate of drug-likeness (QED) is 0.321. The lowest BCUT2D eigenvalue weighted by Gasteiger charge is -2.15. The van der Waals surface area contributed by atoms with Gasteiger partial charge in [0.1, 0.15) is 11.3 Å². The van der Waals surface area contributed by atoms with Gasteiger partial charge in [-0.15, -0.1) is 0 Å². The first-order chi connectivity index (χ1) is 16.0. The minimum absolute atomic E-state index is 0.135. The molecule has 1 amide bonds. The van der Waals surface area contributed by atoms with E-state index in [1.165, 1.54) is 5.56 Å². The van der Waals surface area contributed by atoms with Gasteiger partial charge in [-0.25, -0.2) is 0 Å². The predicted molar refractivity (Wildman–Crippen MR) is 134 cm³/mol. The van der Waals surface area contributed by atoms with Crippen molar-refractivity contribution >= 4 is 22.4 Å². The van der Waals surface area contributed by atoms with Crippen molar-refractivity contribution in [1.29, 1.82) is 0 Å². The standard InChI is InChI=1S/C29H29NO3/c1-5-32-28-21(4)29-25(26(18-33-29)23-9-7-6-8-10-23)16-24(28)20(3)15-27(31)30-17-22-13-11-19(2)12-14-22/h6-16,18H,5,17H2,1-4H3,(H,30,31)/b20-15+. The zero-order valence-electron chi connectivity index (χ0n) is 19.6. The summed E-state index contributed by atoms with van der Waals surface area (Å²) >= 11 is 0. The number of aryl methyl sites for hydroxylation is 2. The highest BCUT2D eigenvalue weighted by atomic mass is 16.5. The van der Waals surface area contributed by atoms with Gasteiger partial charge in [-0.3, -0.25) is 4.79 Å². The number of benzene rings is 3. The summed E-state index contributed by atoms with van der Waals surface area (Å²) in [4.78, 5) is 12.7. The van der Waals surface area contributed by atoms with E-state index in [2.05, 4.69) is 23.5 Å². The average Bonchev–Trinajstić information content (AvgIpc) is 3.25. The topological polar surface area (TPSA) is 51.5 Å². The van der Waals surface area contributed by atoms with Crippen LogP contribution in [-0.4, -0.2) is 12.5 Å². The Labute approximate surface area is 194 Å². The molecule has 0 unspecified atom stereocenters. The number of allylic oxidation sites excluding steroid dienone is 1. The highest BCUT2D eigenvalue weighted by molar-refractivity contribution is 6.01. The zero-order valence-corrected chi connectivity index (χ0v) is 19.6. The first kappa shape index (κ1) is 22.4. The number of carbonyl (C=O) groups is 1. The van der Waals surface area contributed by atoms with Gasteiger partial charge in [0.25, 0.3) is 0 Å². The zero-order chi connectivity index (χ0) is 23.4. The minimum Gasteiger partial charge on any atom is -0.493 e. The Hall–Kier alpha value is -3.79. The minimum atomic E-state index is -0.135. The van der Waals surface area contributed by atoms with Gasteiger partial charge in [0, 0.05) is 34.7 Å². The molecule has 0 saturated carbocycles. The van der Waals surface area contributed by atoms with Gasteiger partial charge in [-0.2, -0.15) is 0 Å². The average molecular weight is 440 g/mol. The molecule has 0 aliphatic rings. The molecular formula is C29H29NO3. The molecule has 33 heavy (non-hydrogen) atoms. The molecule has 0 fully saturated rings. The van der Waals surface area contributed by atoms with Crippen LogP contribution in [0.3, 0.4) is 0 Å². The van der Waals surface area contributed by atoms with E-state index in [-0.39, 0.29) is 5.91 Å². The van der Waals surface area contributed by atoms with Gasteiger partial charge in [0.15, 0.2) is 0 Å². The molecular weight excluding hydrogens is 410 g/mol. The number of hydrogen-bond donors (Lipinski definition) is 1.